The summed E-state index contributed by atoms with van der Waals surface area (Å²) in [6, 6.07) is 7.94. The molecule has 96 valence electrons. The van der Waals surface area contributed by atoms with Crippen LogP contribution in [-0.4, -0.2) is 30.0 Å². The zero-order chi connectivity index (χ0) is 13.4. The summed E-state index contributed by atoms with van der Waals surface area (Å²) in [7, 11) is 1.74. The maximum Gasteiger partial charge on any atom is 0.209 e. The van der Waals surface area contributed by atoms with Gasteiger partial charge in [0.2, 0.25) is 5.82 Å². The lowest BCUT2D eigenvalue weighted by molar-refractivity contribution is 0.630. The molecule has 2 heterocycles. The average Bonchev–Trinajstić information content (AvgIpc) is 2.95. The monoisotopic (exact) mass is 430 g/mol. The number of rotatable bonds is 2. The molecule has 0 bridgehead atoms. The largest absolute Gasteiger partial charge is 0.227 e. The van der Waals surface area contributed by atoms with Crippen LogP contribution < -0.4 is 0 Å². The minimum absolute atomic E-state index is 0.577. The molecule has 3 aromatic rings. The van der Waals surface area contributed by atoms with Crippen LogP contribution in [0.5, 0.6) is 0 Å². The van der Waals surface area contributed by atoms with Gasteiger partial charge in [-0.15, -0.1) is 10.2 Å². The van der Waals surface area contributed by atoms with Crippen molar-refractivity contribution < 1.29 is 0 Å². The Morgan fingerprint density at radius 3 is 2.84 bits per heavy atom. The van der Waals surface area contributed by atoms with E-state index in [1.54, 1.807) is 13.2 Å². The Labute approximate surface area is 131 Å². The highest BCUT2D eigenvalue weighted by molar-refractivity contribution is 14.1. The molecule has 0 unspecified atom stereocenters. The van der Waals surface area contributed by atoms with E-state index in [4.69, 9.17) is 0 Å². The first-order chi connectivity index (χ1) is 9.15. The van der Waals surface area contributed by atoms with Crippen LogP contribution in [0.2, 0.25) is 0 Å². The molecule has 3 rings (SSSR count). The van der Waals surface area contributed by atoms with Gasteiger partial charge < -0.3 is 0 Å². The van der Waals surface area contributed by atoms with Crippen molar-refractivity contribution in [3.8, 4) is 17.1 Å². The topological polar surface area (TPSA) is 61.4 Å². The van der Waals surface area contributed by atoms with Gasteiger partial charge in [-0.2, -0.15) is 9.90 Å². The number of benzene rings is 1. The smallest absolute Gasteiger partial charge is 0.209 e. The standard InChI is InChI=1S/C11H8BrIN6/c1-18-16-11(15-17-18)9-6-14-19(10(9)13)8-4-2-3-7(12)5-8/h2-6H,1H3. The number of hydrogen-bond donors (Lipinski definition) is 0. The SMILES string of the molecule is Cn1nnc(-c2cnn(-c3cccc(Br)c3)c2I)n1. The van der Waals surface area contributed by atoms with Crippen LogP contribution in [0.1, 0.15) is 0 Å². The molecule has 0 spiro atoms. The Balaban J connectivity index is 2.08. The fraction of sp³-hybridized carbons (Fsp3) is 0.0909. The summed E-state index contributed by atoms with van der Waals surface area (Å²) in [5.41, 5.74) is 1.85. The molecule has 0 N–H and O–H groups in total. The molecule has 0 aliphatic heterocycles. The maximum absolute atomic E-state index is 4.38. The van der Waals surface area contributed by atoms with Crippen molar-refractivity contribution in [2.45, 2.75) is 0 Å². The quantitative estimate of drug-likeness (QED) is 0.586. The van der Waals surface area contributed by atoms with Crippen LogP contribution >= 0.6 is 38.5 Å². The molecule has 19 heavy (non-hydrogen) atoms. The lowest BCUT2D eigenvalue weighted by Gasteiger charge is -2.03. The predicted octanol–water partition coefficient (Wildman–Crippen LogP) is 2.43. The van der Waals surface area contributed by atoms with E-state index in [2.05, 4.69) is 59.0 Å². The van der Waals surface area contributed by atoms with Crippen LogP contribution in [0.4, 0.5) is 0 Å². The third kappa shape index (κ3) is 2.41. The lowest BCUT2D eigenvalue weighted by atomic mass is 10.3. The average molecular weight is 431 g/mol. The molecule has 0 aliphatic carbocycles. The second kappa shape index (κ2) is 5.00. The van der Waals surface area contributed by atoms with E-state index in [1.165, 1.54) is 4.80 Å². The first kappa shape index (κ1) is 12.7. The second-order valence-corrected chi connectivity index (χ2v) is 5.78. The van der Waals surface area contributed by atoms with Crippen LogP contribution in [0.15, 0.2) is 34.9 Å². The van der Waals surface area contributed by atoms with Gasteiger partial charge in [0.1, 0.15) is 3.70 Å². The molecule has 0 radical (unpaired) electrons. The van der Waals surface area contributed by atoms with Crippen molar-refractivity contribution in [1.29, 1.82) is 0 Å². The number of aryl methyl sites for hydroxylation is 1. The van der Waals surface area contributed by atoms with E-state index in [1.807, 2.05) is 28.9 Å². The van der Waals surface area contributed by atoms with Gasteiger partial charge in [-0.05, 0) is 46.0 Å². The highest BCUT2D eigenvalue weighted by atomic mass is 127. The van der Waals surface area contributed by atoms with Gasteiger partial charge in [-0.3, -0.25) is 0 Å². The Morgan fingerprint density at radius 1 is 1.32 bits per heavy atom. The molecule has 0 saturated heterocycles. The molecule has 0 aliphatic rings. The number of nitrogens with zero attached hydrogens (tertiary/aromatic N) is 6. The lowest BCUT2D eigenvalue weighted by Crippen LogP contribution is -1.99. The van der Waals surface area contributed by atoms with Gasteiger partial charge in [0.15, 0.2) is 0 Å². The third-order valence-corrected chi connectivity index (χ3v) is 4.04. The molecule has 2 aromatic heterocycles. The summed E-state index contributed by atoms with van der Waals surface area (Å²) in [5, 5.41) is 16.4. The Morgan fingerprint density at radius 2 is 2.16 bits per heavy atom. The van der Waals surface area contributed by atoms with Crippen molar-refractivity contribution in [3.63, 3.8) is 0 Å². The molecular weight excluding hydrogens is 423 g/mol. The fourth-order valence-corrected chi connectivity index (χ4v) is 2.83. The molecule has 0 saturated carbocycles. The minimum atomic E-state index is 0.577. The molecule has 0 amide bonds. The maximum atomic E-state index is 4.38. The Bertz CT molecular complexity index is 734. The molecule has 0 fully saturated rings. The molecule has 6 nitrogen and oxygen atoms in total. The number of hydrogen-bond acceptors (Lipinski definition) is 4. The molecule has 1 aromatic carbocycles. The van der Waals surface area contributed by atoms with Gasteiger partial charge in [-0.25, -0.2) is 4.68 Å². The van der Waals surface area contributed by atoms with E-state index >= 15 is 0 Å². The van der Waals surface area contributed by atoms with Gasteiger partial charge in [0, 0.05) is 4.47 Å². The molecular formula is C11H8BrIN6. The van der Waals surface area contributed by atoms with Crippen molar-refractivity contribution in [2.75, 3.05) is 0 Å². The van der Waals surface area contributed by atoms with E-state index in [0.717, 1.165) is 19.4 Å². The highest BCUT2D eigenvalue weighted by Gasteiger charge is 2.15. The van der Waals surface area contributed by atoms with Crippen LogP contribution in [0.25, 0.3) is 17.1 Å². The van der Waals surface area contributed by atoms with Crippen molar-refractivity contribution in [2.24, 2.45) is 7.05 Å². The van der Waals surface area contributed by atoms with Crippen molar-refractivity contribution >= 4 is 38.5 Å². The number of tetrazole rings is 1. The zero-order valence-electron chi connectivity index (χ0n) is 9.83. The van der Waals surface area contributed by atoms with Crippen molar-refractivity contribution in [1.82, 2.24) is 30.0 Å². The zero-order valence-corrected chi connectivity index (χ0v) is 13.6. The predicted molar refractivity (Wildman–Crippen MR) is 81.8 cm³/mol. The van der Waals surface area contributed by atoms with Gasteiger partial charge in [0.05, 0.1) is 24.5 Å². The van der Waals surface area contributed by atoms with Crippen LogP contribution in [0.3, 0.4) is 0 Å². The van der Waals surface area contributed by atoms with Crippen LogP contribution in [0, 0.1) is 3.70 Å². The minimum Gasteiger partial charge on any atom is -0.227 e. The Hall–Kier alpha value is -1.29. The van der Waals surface area contributed by atoms with Crippen molar-refractivity contribution in [3.05, 3.63) is 38.6 Å². The summed E-state index contributed by atoms with van der Waals surface area (Å²) in [6.45, 7) is 0. The van der Waals surface area contributed by atoms with Gasteiger partial charge in [-0.1, -0.05) is 22.0 Å². The first-order valence-electron chi connectivity index (χ1n) is 5.39. The summed E-state index contributed by atoms with van der Waals surface area (Å²) >= 11 is 5.69. The number of aromatic nitrogens is 6. The number of halogens is 2. The van der Waals surface area contributed by atoms with E-state index in [9.17, 15) is 0 Å². The van der Waals surface area contributed by atoms with Crippen LogP contribution in [-0.2, 0) is 7.05 Å². The third-order valence-electron chi connectivity index (χ3n) is 2.51. The van der Waals surface area contributed by atoms with Gasteiger partial charge in [0.25, 0.3) is 0 Å². The molecule has 0 atom stereocenters. The Kier molecular flexibility index (Phi) is 3.35. The second-order valence-electron chi connectivity index (χ2n) is 3.84. The summed E-state index contributed by atoms with van der Waals surface area (Å²) < 4.78 is 3.80. The molecule has 8 heteroatoms. The van der Waals surface area contributed by atoms with E-state index < -0.39 is 0 Å². The highest BCUT2D eigenvalue weighted by Crippen LogP contribution is 2.24. The summed E-state index contributed by atoms with van der Waals surface area (Å²) in [6.07, 6.45) is 1.75. The van der Waals surface area contributed by atoms with E-state index in [0.29, 0.717) is 5.82 Å². The first-order valence-corrected chi connectivity index (χ1v) is 7.26. The summed E-state index contributed by atoms with van der Waals surface area (Å²) in [4.78, 5) is 1.43. The fourth-order valence-electron chi connectivity index (χ4n) is 1.66. The summed E-state index contributed by atoms with van der Waals surface area (Å²) in [5.74, 6) is 0.577. The normalized spacial score (nSPS) is 10.9. The van der Waals surface area contributed by atoms with E-state index in [-0.39, 0.29) is 0 Å². The van der Waals surface area contributed by atoms with Gasteiger partial charge >= 0.3 is 0 Å².